The van der Waals surface area contributed by atoms with Crippen LogP contribution in [0.4, 0.5) is 0 Å². The van der Waals surface area contributed by atoms with E-state index in [-0.39, 0.29) is 11.9 Å². The van der Waals surface area contributed by atoms with E-state index in [1.807, 2.05) is 6.92 Å². The molecular formula is C8H14O2S. The third kappa shape index (κ3) is 2.12. The molecule has 3 heteroatoms. The number of esters is 1. The molecule has 0 saturated carbocycles. The first-order valence-electron chi connectivity index (χ1n) is 4.03. The lowest BCUT2D eigenvalue weighted by Crippen LogP contribution is -2.11. The van der Waals surface area contributed by atoms with Crippen LogP contribution in [0.25, 0.3) is 0 Å². The SMILES string of the molecule is CC1C(=O)OCC1CCCS. The van der Waals surface area contributed by atoms with E-state index >= 15 is 0 Å². The second kappa shape index (κ2) is 4.00. The first-order chi connectivity index (χ1) is 5.25. The van der Waals surface area contributed by atoms with Gasteiger partial charge < -0.3 is 4.74 Å². The fourth-order valence-electron chi connectivity index (χ4n) is 1.34. The summed E-state index contributed by atoms with van der Waals surface area (Å²) in [7, 11) is 0. The lowest BCUT2D eigenvalue weighted by molar-refractivity contribution is -0.140. The van der Waals surface area contributed by atoms with Crippen LogP contribution >= 0.6 is 12.6 Å². The van der Waals surface area contributed by atoms with Gasteiger partial charge in [0.25, 0.3) is 0 Å². The molecule has 0 spiro atoms. The van der Waals surface area contributed by atoms with Gasteiger partial charge in [0.15, 0.2) is 0 Å². The van der Waals surface area contributed by atoms with Gasteiger partial charge in [-0.3, -0.25) is 4.79 Å². The van der Waals surface area contributed by atoms with Crippen LogP contribution in [0.5, 0.6) is 0 Å². The molecule has 0 aromatic heterocycles. The Morgan fingerprint density at radius 3 is 2.91 bits per heavy atom. The lowest BCUT2D eigenvalue weighted by Gasteiger charge is -2.08. The molecule has 0 aromatic carbocycles. The largest absolute Gasteiger partial charge is 0.465 e. The maximum absolute atomic E-state index is 10.9. The van der Waals surface area contributed by atoms with Crippen molar-refractivity contribution < 1.29 is 9.53 Å². The zero-order valence-electron chi connectivity index (χ0n) is 6.75. The van der Waals surface area contributed by atoms with Crippen LogP contribution in [-0.2, 0) is 9.53 Å². The molecule has 2 atom stereocenters. The molecular weight excluding hydrogens is 160 g/mol. The zero-order chi connectivity index (χ0) is 8.27. The highest BCUT2D eigenvalue weighted by molar-refractivity contribution is 7.80. The van der Waals surface area contributed by atoms with E-state index in [1.54, 1.807) is 0 Å². The van der Waals surface area contributed by atoms with E-state index < -0.39 is 0 Å². The molecule has 11 heavy (non-hydrogen) atoms. The molecule has 0 aliphatic carbocycles. The highest BCUT2D eigenvalue weighted by Gasteiger charge is 2.31. The fraction of sp³-hybridized carbons (Fsp3) is 0.875. The Labute approximate surface area is 72.7 Å². The average molecular weight is 174 g/mol. The van der Waals surface area contributed by atoms with Crippen LogP contribution in [0.2, 0.25) is 0 Å². The van der Waals surface area contributed by atoms with E-state index in [9.17, 15) is 4.79 Å². The van der Waals surface area contributed by atoms with Crippen molar-refractivity contribution in [2.24, 2.45) is 11.8 Å². The van der Waals surface area contributed by atoms with Crippen molar-refractivity contribution in [1.29, 1.82) is 0 Å². The van der Waals surface area contributed by atoms with Crippen LogP contribution in [0.15, 0.2) is 0 Å². The van der Waals surface area contributed by atoms with Crippen molar-refractivity contribution in [2.75, 3.05) is 12.4 Å². The number of hydrogen-bond acceptors (Lipinski definition) is 3. The number of carbonyl (C=O) groups excluding carboxylic acids is 1. The third-order valence-electron chi connectivity index (χ3n) is 2.25. The van der Waals surface area contributed by atoms with Crippen LogP contribution in [0.3, 0.4) is 0 Å². The monoisotopic (exact) mass is 174 g/mol. The predicted molar refractivity (Wildman–Crippen MR) is 46.7 cm³/mol. The van der Waals surface area contributed by atoms with Crippen LogP contribution < -0.4 is 0 Å². The van der Waals surface area contributed by atoms with Gasteiger partial charge in [-0.05, 0) is 18.6 Å². The maximum Gasteiger partial charge on any atom is 0.309 e. The van der Waals surface area contributed by atoms with Crippen molar-refractivity contribution in [3.05, 3.63) is 0 Å². The molecule has 0 N–H and O–H groups in total. The molecule has 0 radical (unpaired) electrons. The number of carbonyl (C=O) groups is 1. The van der Waals surface area contributed by atoms with Gasteiger partial charge in [-0.15, -0.1) is 0 Å². The highest BCUT2D eigenvalue weighted by atomic mass is 32.1. The lowest BCUT2D eigenvalue weighted by atomic mass is 9.93. The van der Waals surface area contributed by atoms with Crippen molar-refractivity contribution in [1.82, 2.24) is 0 Å². The van der Waals surface area contributed by atoms with E-state index in [2.05, 4.69) is 12.6 Å². The van der Waals surface area contributed by atoms with Crippen LogP contribution in [0, 0.1) is 11.8 Å². The van der Waals surface area contributed by atoms with Gasteiger partial charge in [0, 0.05) is 5.92 Å². The van der Waals surface area contributed by atoms with Crippen molar-refractivity contribution in [2.45, 2.75) is 19.8 Å². The molecule has 64 valence electrons. The van der Waals surface area contributed by atoms with Crippen molar-refractivity contribution >= 4 is 18.6 Å². The zero-order valence-corrected chi connectivity index (χ0v) is 7.64. The Morgan fingerprint density at radius 1 is 1.73 bits per heavy atom. The summed E-state index contributed by atoms with van der Waals surface area (Å²) in [6, 6.07) is 0. The fourth-order valence-corrected chi connectivity index (χ4v) is 1.53. The summed E-state index contributed by atoms with van der Waals surface area (Å²) in [5, 5.41) is 0. The standard InChI is InChI=1S/C8H14O2S/c1-6-7(3-2-4-11)5-10-8(6)9/h6-7,11H,2-5H2,1H3. The molecule has 2 unspecified atom stereocenters. The van der Waals surface area contributed by atoms with E-state index in [1.165, 1.54) is 0 Å². The second-order valence-electron chi connectivity index (χ2n) is 3.04. The Kier molecular flexibility index (Phi) is 3.24. The summed E-state index contributed by atoms with van der Waals surface area (Å²) in [6.45, 7) is 2.56. The Morgan fingerprint density at radius 2 is 2.45 bits per heavy atom. The van der Waals surface area contributed by atoms with Gasteiger partial charge in [-0.25, -0.2) is 0 Å². The van der Waals surface area contributed by atoms with Crippen molar-refractivity contribution in [3.63, 3.8) is 0 Å². The first kappa shape index (κ1) is 8.91. The molecule has 1 aliphatic heterocycles. The molecule has 0 bridgehead atoms. The molecule has 1 heterocycles. The predicted octanol–water partition coefficient (Wildman–Crippen LogP) is 1.51. The Balaban J connectivity index is 2.30. The topological polar surface area (TPSA) is 26.3 Å². The smallest absolute Gasteiger partial charge is 0.309 e. The van der Waals surface area contributed by atoms with E-state index in [0.29, 0.717) is 12.5 Å². The minimum atomic E-state index is -0.0332. The summed E-state index contributed by atoms with van der Waals surface area (Å²) >= 11 is 4.12. The minimum Gasteiger partial charge on any atom is -0.465 e. The van der Waals surface area contributed by atoms with Crippen molar-refractivity contribution in [3.8, 4) is 0 Å². The number of cyclic esters (lactones) is 1. The average Bonchev–Trinajstić information content (AvgIpc) is 2.31. The second-order valence-corrected chi connectivity index (χ2v) is 3.49. The molecule has 1 saturated heterocycles. The highest BCUT2D eigenvalue weighted by Crippen LogP contribution is 2.25. The summed E-state index contributed by atoms with van der Waals surface area (Å²) in [5.74, 6) is 1.41. The van der Waals surface area contributed by atoms with Crippen LogP contribution in [-0.4, -0.2) is 18.3 Å². The van der Waals surface area contributed by atoms with Gasteiger partial charge in [0.05, 0.1) is 12.5 Å². The van der Waals surface area contributed by atoms with E-state index in [4.69, 9.17) is 4.74 Å². The van der Waals surface area contributed by atoms with Gasteiger partial charge in [-0.1, -0.05) is 6.92 Å². The van der Waals surface area contributed by atoms with Crippen LogP contribution in [0.1, 0.15) is 19.8 Å². The minimum absolute atomic E-state index is 0.0332. The van der Waals surface area contributed by atoms with Gasteiger partial charge in [-0.2, -0.15) is 12.6 Å². The Hall–Kier alpha value is -0.180. The first-order valence-corrected chi connectivity index (χ1v) is 4.66. The number of ether oxygens (including phenoxy) is 1. The number of thiol groups is 1. The Bertz CT molecular complexity index is 147. The molecule has 1 rings (SSSR count). The summed E-state index contributed by atoms with van der Waals surface area (Å²) in [4.78, 5) is 10.9. The van der Waals surface area contributed by atoms with Gasteiger partial charge in [0.1, 0.15) is 0 Å². The third-order valence-corrected chi connectivity index (χ3v) is 2.57. The molecule has 1 fully saturated rings. The van der Waals surface area contributed by atoms with Gasteiger partial charge >= 0.3 is 5.97 Å². The summed E-state index contributed by atoms with van der Waals surface area (Å²) in [6.07, 6.45) is 2.14. The summed E-state index contributed by atoms with van der Waals surface area (Å²) in [5.41, 5.74) is 0. The van der Waals surface area contributed by atoms with Gasteiger partial charge in [0.2, 0.25) is 0 Å². The maximum atomic E-state index is 10.9. The quantitative estimate of drug-likeness (QED) is 0.518. The number of hydrogen-bond donors (Lipinski definition) is 1. The molecule has 0 aromatic rings. The molecule has 1 aliphatic rings. The number of rotatable bonds is 3. The van der Waals surface area contributed by atoms with E-state index in [0.717, 1.165) is 18.6 Å². The molecule has 2 nitrogen and oxygen atoms in total. The summed E-state index contributed by atoms with van der Waals surface area (Å²) < 4.78 is 4.91. The normalized spacial score (nSPS) is 30.5. The molecule has 0 amide bonds.